The predicted octanol–water partition coefficient (Wildman–Crippen LogP) is 3.02. The van der Waals surface area contributed by atoms with Crippen LogP contribution >= 0.6 is 23.7 Å². The van der Waals surface area contributed by atoms with Gasteiger partial charge in [0.15, 0.2) is 5.13 Å². The summed E-state index contributed by atoms with van der Waals surface area (Å²) in [6, 6.07) is 1.98. The number of furan rings is 1. The maximum absolute atomic E-state index is 5.55. The van der Waals surface area contributed by atoms with Crippen molar-refractivity contribution in [1.82, 2.24) is 4.98 Å². The number of hydrogen-bond donors (Lipinski definition) is 1. The molecule has 0 atom stereocenters. The fourth-order valence-electron chi connectivity index (χ4n) is 1.30. The molecular weight excluding hydrogens is 220 g/mol. The number of halogens is 1. The summed E-state index contributed by atoms with van der Waals surface area (Å²) in [4.78, 5) is 4.19. The van der Waals surface area contributed by atoms with Gasteiger partial charge < -0.3 is 10.2 Å². The Morgan fingerprint density at radius 3 is 2.57 bits per heavy atom. The van der Waals surface area contributed by atoms with Gasteiger partial charge in [-0.15, -0.1) is 23.7 Å². The Bertz CT molecular complexity index is 436. The average Bonchev–Trinajstić information content (AvgIpc) is 2.58. The van der Waals surface area contributed by atoms with Crippen molar-refractivity contribution in [3.8, 4) is 11.3 Å². The molecule has 0 saturated carbocycles. The minimum absolute atomic E-state index is 0. The number of nitrogen functional groups attached to an aromatic ring is 1. The molecule has 0 spiro atoms. The van der Waals surface area contributed by atoms with Gasteiger partial charge in [-0.05, 0) is 19.9 Å². The summed E-state index contributed by atoms with van der Waals surface area (Å²) in [6.45, 7) is 3.85. The molecule has 2 rings (SSSR count). The van der Waals surface area contributed by atoms with E-state index < -0.39 is 0 Å². The number of thiazole rings is 1. The second-order valence-electron chi connectivity index (χ2n) is 2.90. The molecule has 0 aliphatic carbocycles. The van der Waals surface area contributed by atoms with E-state index in [-0.39, 0.29) is 12.4 Å². The van der Waals surface area contributed by atoms with Crippen LogP contribution in [0.5, 0.6) is 0 Å². The van der Waals surface area contributed by atoms with Gasteiger partial charge in [-0.3, -0.25) is 0 Å². The van der Waals surface area contributed by atoms with Crippen LogP contribution in [-0.2, 0) is 0 Å². The van der Waals surface area contributed by atoms with E-state index in [0.29, 0.717) is 5.13 Å². The van der Waals surface area contributed by atoms with Gasteiger partial charge in [0, 0.05) is 10.9 Å². The second kappa shape index (κ2) is 4.02. The minimum atomic E-state index is 0. The smallest absolute Gasteiger partial charge is 0.180 e. The van der Waals surface area contributed by atoms with E-state index in [4.69, 9.17) is 10.2 Å². The van der Waals surface area contributed by atoms with Crippen LogP contribution < -0.4 is 5.73 Å². The van der Waals surface area contributed by atoms with Crippen molar-refractivity contribution in [1.29, 1.82) is 0 Å². The summed E-state index contributed by atoms with van der Waals surface area (Å²) >= 11 is 1.44. The van der Waals surface area contributed by atoms with E-state index in [1.165, 1.54) is 11.3 Å². The Kier molecular flexibility index (Phi) is 3.18. The third-order valence-corrected chi connectivity index (χ3v) is 2.51. The zero-order valence-corrected chi connectivity index (χ0v) is 9.54. The summed E-state index contributed by atoms with van der Waals surface area (Å²) in [5.41, 5.74) is 7.48. The first kappa shape index (κ1) is 11.1. The van der Waals surface area contributed by atoms with Gasteiger partial charge >= 0.3 is 0 Å². The molecule has 76 valence electrons. The van der Waals surface area contributed by atoms with Gasteiger partial charge in [0.05, 0.1) is 5.69 Å². The molecule has 0 amide bonds. The highest BCUT2D eigenvalue weighted by molar-refractivity contribution is 7.13. The molecular formula is C9H11ClN2OS. The lowest BCUT2D eigenvalue weighted by molar-refractivity contribution is 0.505. The van der Waals surface area contributed by atoms with Gasteiger partial charge in [0.1, 0.15) is 11.5 Å². The van der Waals surface area contributed by atoms with E-state index in [9.17, 15) is 0 Å². The molecule has 2 heterocycles. The lowest BCUT2D eigenvalue weighted by Gasteiger charge is -1.89. The average molecular weight is 231 g/mol. The van der Waals surface area contributed by atoms with Crippen molar-refractivity contribution in [2.45, 2.75) is 13.8 Å². The number of hydrogen-bond acceptors (Lipinski definition) is 4. The molecule has 0 saturated heterocycles. The molecule has 3 nitrogen and oxygen atoms in total. The first-order chi connectivity index (χ1) is 6.16. The maximum atomic E-state index is 5.55. The second-order valence-corrected chi connectivity index (χ2v) is 3.79. The summed E-state index contributed by atoms with van der Waals surface area (Å²) in [5.74, 6) is 1.79. The lowest BCUT2D eigenvalue weighted by atomic mass is 10.2. The highest BCUT2D eigenvalue weighted by Crippen LogP contribution is 2.28. The summed E-state index contributed by atoms with van der Waals surface area (Å²) in [7, 11) is 0. The normalized spacial score (nSPS) is 9.86. The number of anilines is 1. The van der Waals surface area contributed by atoms with Crippen LogP contribution in [0, 0.1) is 13.8 Å². The van der Waals surface area contributed by atoms with Crippen LogP contribution in [0.1, 0.15) is 11.5 Å². The summed E-state index contributed by atoms with van der Waals surface area (Å²) < 4.78 is 5.40. The largest absolute Gasteiger partial charge is 0.466 e. The number of aryl methyl sites for hydroxylation is 2. The van der Waals surface area contributed by atoms with Gasteiger partial charge in [0.2, 0.25) is 0 Å². The Balaban J connectivity index is 0.000000980. The van der Waals surface area contributed by atoms with E-state index in [1.807, 2.05) is 25.3 Å². The fourth-order valence-corrected chi connectivity index (χ4v) is 1.86. The molecule has 14 heavy (non-hydrogen) atoms. The molecule has 2 aromatic heterocycles. The summed E-state index contributed by atoms with van der Waals surface area (Å²) in [6.07, 6.45) is 0. The number of nitrogens with zero attached hydrogens (tertiary/aromatic N) is 1. The van der Waals surface area contributed by atoms with Gasteiger partial charge in [-0.25, -0.2) is 4.98 Å². The molecule has 2 aromatic rings. The monoisotopic (exact) mass is 230 g/mol. The number of aromatic nitrogens is 1. The van der Waals surface area contributed by atoms with Crippen molar-refractivity contribution in [2.75, 3.05) is 5.73 Å². The molecule has 0 aliphatic heterocycles. The Labute approximate surface area is 92.4 Å². The van der Waals surface area contributed by atoms with Gasteiger partial charge in [0.25, 0.3) is 0 Å². The zero-order valence-electron chi connectivity index (χ0n) is 7.90. The van der Waals surface area contributed by atoms with Gasteiger partial charge in [-0.2, -0.15) is 0 Å². The third-order valence-electron chi connectivity index (χ3n) is 1.84. The molecule has 0 bridgehead atoms. The van der Waals surface area contributed by atoms with Crippen LogP contribution in [0.3, 0.4) is 0 Å². The van der Waals surface area contributed by atoms with Crippen molar-refractivity contribution < 1.29 is 4.42 Å². The molecule has 0 fully saturated rings. The molecule has 0 aromatic carbocycles. The van der Waals surface area contributed by atoms with Crippen LogP contribution in [0.25, 0.3) is 11.3 Å². The molecule has 0 unspecified atom stereocenters. The van der Waals surface area contributed by atoms with Crippen molar-refractivity contribution in [2.24, 2.45) is 0 Å². The Morgan fingerprint density at radius 1 is 1.43 bits per heavy atom. The Morgan fingerprint density at radius 2 is 2.14 bits per heavy atom. The van der Waals surface area contributed by atoms with E-state index in [2.05, 4.69) is 4.98 Å². The van der Waals surface area contributed by atoms with E-state index in [0.717, 1.165) is 22.8 Å². The highest BCUT2D eigenvalue weighted by Gasteiger charge is 2.09. The molecule has 0 radical (unpaired) electrons. The standard InChI is InChI=1S/C9H10N2OS.ClH/c1-5-3-7(6(2)12-5)8-4-13-9(10)11-8;/h3-4H,1-2H3,(H2,10,11);1H. The number of rotatable bonds is 1. The molecule has 2 N–H and O–H groups in total. The quantitative estimate of drug-likeness (QED) is 0.819. The van der Waals surface area contributed by atoms with Crippen molar-refractivity contribution in [3.05, 3.63) is 23.0 Å². The minimum Gasteiger partial charge on any atom is -0.466 e. The van der Waals surface area contributed by atoms with Crippen LogP contribution in [0.15, 0.2) is 15.9 Å². The van der Waals surface area contributed by atoms with Crippen LogP contribution in [-0.4, -0.2) is 4.98 Å². The fraction of sp³-hybridized carbons (Fsp3) is 0.222. The first-order valence-corrected chi connectivity index (χ1v) is 4.83. The predicted molar refractivity (Wildman–Crippen MR) is 61.0 cm³/mol. The maximum Gasteiger partial charge on any atom is 0.180 e. The third kappa shape index (κ3) is 1.91. The topological polar surface area (TPSA) is 52.0 Å². The lowest BCUT2D eigenvalue weighted by Crippen LogP contribution is -1.82. The first-order valence-electron chi connectivity index (χ1n) is 3.95. The summed E-state index contributed by atoms with van der Waals surface area (Å²) in [5, 5.41) is 2.53. The van der Waals surface area contributed by atoms with Crippen LogP contribution in [0.4, 0.5) is 5.13 Å². The van der Waals surface area contributed by atoms with Crippen molar-refractivity contribution in [3.63, 3.8) is 0 Å². The number of nitrogens with two attached hydrogens (primary N) is 1. The van der Waals surface area contributed by atoms with Gasteiger partial charge in [-0.1, -0.05) is 0 Å². The molecule has 0 aliphatic rings. The van der Waals surface area contributed by atoms with E-state index >= 15 is 0 Å². The Hall–Kier alpha value is -1.000. The molecule has 5 heteroatoms. The van der Waals surface area contributed by atoms with E-state index in [1.54, 1.807) is 0 Å². The zero-order chi connectivity index (χ0) is 9.42. The highest BCUT2D eigenvalue weighted by atomic mass is 35.5. The van der Waals surface area contributed by atoms with Crippen molar-refractivity contribution >= 4 is 28.9 Å². The van der Waals surface area contributed by atoms with Crippen LogP contribution in [0.2, 0.25) is 0 Å². The SMILES string of the molecule is Cc1cc(-c2csc(N)n2)c(C)o1.Cl.